The first kappa shape index (κ1) is 16.8. The van der Waals surface area contributed by atoms with Gasteiger partial charge in [0.25, 0.3) is 5.56 Å². The number of hydrogen-bond acceptors (Lipinski definition) is 8. The van der Waals surface area contributed by atoms with Crippen LogP contribution in [0.2, 0.25) is 0 Å². The minimum Gasteiger partial charge on any atom is -0.384 e. The number of nitrogens with zero attached hydrogens (tertiary/aromatic N) is 3. The largest absolute Gasteiger partial charge is 0.384 e. The molecule has 4 rings (SSSR count). The zero-order valence-corrected chi connectivity index (χ0v) is 15.0. The lowest BCUT2D eigenvalue weighted by molar-refractivity contribution is 0.102. The van der Waals surface area contributed by atoms with Crippen LogP contribution in [0.4, 0.5) is 5.82 Å². The number of aromatic nitrogens is 5. The Labute approximate surface area is 154 Å². The molecule has 1 saturated carbocycles. The number of H-pyrrole nitrogens is 2. The number of Topliss-reactive ketones (excluding diaryl/α,β-unsaturated/α-hetero) is 1. The Balaban J connectivity index is 1.53. The van der Waals surface area contributed by atoms with Crippen molar-refractivity contribution in [1.82, 2.24) is 24.7 Å². The van der Waals surface area contributed by atoms with Gasteiger partial charge in [-0.1, -0.05) is 17.8 Å². The maximum atomic E-state index is 12.5. The molecule has 0 radical (unpaired) electrons. The van der Waals surface area contributed by atoms with Crippen molar-refractivity contribution >= 4 is 34.7 Å². The molecule has 1 fully saturated rings. The zero-order valence-electron chi connectivity index (χ0n) is 13.4. The van der Waals surface area contributed by atoms with Crippen molar-refractivity contribution in [3.8, 4) is 10.7 Å². The third-order valence-electron chi connectivity index (χ3n) is 3.92. The average molecular weight is 390 g/mol. The van der Waals surface area contributed by atoms with Gasteiger partial charge in [-0.3, -0.25) is 24.2 Å². The van der Waals surface area contributed by atoms with E-state index in [0.717, 1.165) is 29.5 Å². The summed E-state index contributed by atoms with van der Waals surface area (Å²) in [6, 6.07) is 3.77. The number of carbonyl (C=O) groups excluding carboxylic acids is 1. The van der Waals surface area contributed by atoms with Gasteiger partial charge in [-0.15, -0.1) is 16.4 Å². The summed E-state index contributed by atoms with van der Waals surface area (Å²) in [5.74, 6) is 0.0269. The SMILES string of the molecule is Nc1c(C(=O)CSc2n[nH]c(-c3cccs3)n2)c(=O)[nH]c(=O)n1C1CC1. The number of carbonyl (C=O) groups is 1. The molecule has 11 heteroatoms. The van der Waals surface area contributed by atoms with E-state index in [4.69, 9.17) is 5.73 Å². The van der Waals surface area contributed by atoms with E-state index in [1.165, 1.54) is 15.9 Å². The molecule has 9 nitrogen and oxygen atoms in total. The van der Waals surface area contributed by atoms with Gasteiger partial charge in [0.15, 0.2) is 11.6 Å². The van der Waals surface area contributed by atoms with Gasteiger partial charge in [0, 0.05) is 6.04 Å². The molecule has 0 amide bonds. The lowest BCUT2D eigenvalue weighted by atomic mass is 10.2. The second-order valence-electron chi connectivity index (χ2n) is 5.78. The number of anilines is 1. The van der Waals surface area contributed by atoms with Crippen LogP contribution in [-0.2, 0) is 0 Å². The summed E-state index contributed by atoms with van der Waals surface area (Å²) >= 11 is 2.62. The van der Waals surface area contributed by atoms with Gasteiger partial charge >= 0.3 is 5.69 Å². The van der Waals surface area contributed by atoms with Crippen LogP contribution in [0.15, 0.2) is 32.3 Å². The molecular formula is C15H14N6O3S2. The number of nitrogen functional groups attached to an aromatic ring is 1. The van der Waals surface area contributed by atoms with Crippen molar-refractivity contribution in [3.63, 3.8) is 0 Å². The lowest BCUT2D eigenvalue weighted by Crippen LogP contribution is -2.36. The number of aromatic amines is 2. The predicted octanol–water partition coefficient (Wildman–Crippen LogP) is 1.28. The highest BCUT2D eigenvalue weighted by atomic mass is 32.2. The van der Waals surface area contributed by atoms with Crippen LogP contribution in [-0.4, -0.2) is 36.3 Å². The van der Waals surface area contributed by atoms with Gasteiger partial charge in [-0.25, -0.2) is 9.78 Å². The minimum absolute atomic E-state index is 0.0417. The maximum absolute atomic E-state index is 12.5. The zero-order chi connectivity index (χ0) is 18.3. The number of rotatable bonds is 6. The molecule has 0 aromatic carbocycles. The van der Waals surface area contributed by atoms with Crippen molar-refractivity contribution in [3.05, 3.63) is 43.9 Å². The number of thiophene rings is 1. The lowest BCUT2D eigenvalue weighted by Gasteiger charge is -2.10. The molecule has 0 unspecified atom stereocenters. The van der Waals surface area contributed by atoms with Gasteiger partial charge < -0.3 is 5.73 Å². The fourth-order valence-corrected chi connectivity index (χ4v) is 3.90. The highest BCUT2D eigenvalue weighted by molar-refractivity contribution is 7.99. The molecule has 0 saturated heterocycles. The van der Waals surface area contributed by atoms with Crippen LogP contribution in [0.1, 0.15) is 29.2 Å². The van der Waals surface area contributed by atoms with Crippen molar-refractivity contribution < 1.29 is 4.79 Å². The van der Waals surface area contributed by atoms with E-state index in [2.05, 4.69) is 20.2 Å². The van der Waals surface area contributed by atoms with Crippen LogP contribution in [0, 0.1) is 0 Å². The summed E-state index contributed by atoms with van der Waals surface area (Å²) in [5, 5.41) is 9.20. The molecule has 1 aliphatic carbocycles. The van der Waals surface area contributed by atoms with Crippen molar-refractivity contribution in [1.29, 1.82) is 0 Å². The van der Waals surface area contributed by atoms with Crippen LogP contribution >= 0.6 is 23.1 Å². The maximum Gasteiger partial charge on any atom is 0.330 e. The van der Waals surface area contributed by atoms with E-state index in [0.29, 0.717) is 11.0 Å². The van der Waals surface area contributed by atoms with Crippen molar-refractivity contribution in [2.24, 2.45) is 0 Å². The van der Waals surface area contributed by atoms with E-state index in [1.807, 2.05) is 17.5 Å². The van der Waals surface area contributed by atoms with Crippen molar-refractivity contribution in [2.45, 2.75) is 24.0 Å². The molecule has 134 valence electrons. The smallest absolute Gasteiger partial charge is 0.330 e. The summed E-state index contributed by atoms with van der Waals surface area (Å²) in [6.45, 7) is 0. The number of ketones is 1. The number of thioether (sulfide) groups is 1. The molecule has 0 aliphatic heterocycles. The number of nitrogens with two attached hydrogens (primary N) is 1. The van der Waals surface area contributed by atoms with Crippen LogP contribution in [0.3, 0.4) is 0 Å². The second kappa shape index (κ2) is 6.57. The summed E-state index contributed by atoms with van der Waals surface area (Å²) in [4.78, 5) is 43.9. The van der Waals surface area contributed by atoms with Crippen molar-refractivity contribution in [2.75, 3.05) is 11.5 Å². The van der Waals surface area contributed by atoms with Gasteiger partial charge in [-0.2, -0.15) is 0 Å². The monoisotopic (exact) mass is 390 g/mol. The molecular weight excluding hydrogens is 376 g/mol. The Morgan fingerprint density at radius 2 is 2.23 bits per heavy atom. The standard InChI is InChI=1S/C15H14N6O3S2/c16-11-10(13(23)18-15(24)21(11)7-3-4-7)8(22)6-26-14-17-12(19-20-14)9-2-1-5-25-9/h1-2,5,7H,3-4,6,16H2,(H,17,19,20)(H,18,23,24). The molecule has 0 bridgehead atoms. The van der Waals surface area contributed by atoms with Crippen LogP contribution in [0.25, 0.3) is 10.7 Å². The molecule has 26 heavy (non-hydrogen) atoms. The van der Waals surface area contributed by atoms with E-state index in [-0.39, 0.29) is 23.2 Å². The Kier molecular flexibility index (Phi) is 4.24. The quantitative estimate of drug-likeness (QED) is 0.425. The van der Waals surface area contributed by atoms with Crippen LogP contribution < -0.4 is 17.0 Å². The topological polar surface area (TPSA) is 140 Å². The van der Waals surface area contributed by atoms with Crippen LogP contribution in [0.5, 0.6) is 0 Å². The molecule has 0 atom stereocenters. The predicted molar refractivity (Wildman–Crippen MR) is 98.8 cm³/mol. The first-order valence-corrected chi connectivity index (χ1v) is 9.67. The first-order chi connectivity index (χ1) is 12.5. The van der Waals surface area contributed by atoms with E-state index < -0.39 is 17.0 Å². The average Bonchev–Trinajstić information content (AvgIpc) is 3.10. The summed E-state index contributed by atoms with van der Waals surface area (Å²) in [5.41, 5.74) is 4.42. The van der Waals surface area contributed by atoms with Gasteiger partial charge in [0.2, 0.25) is 5.16 Å². The molecule has 3 aromatic rings. The highest BCUT2D eigenvalue weighted by Gasteiger charge is 2.30. The fraction of sp³-hybridized carbons (Fsp3) is 0.267. The fourth-order valence-electron chi connectivity index (χ4n) is 2.57. The normalized spacial score (nSPS) is 13.8. The molecule has 4 N–H and O–H groups in total. The summed E-state index contributed by atoms with van der Waals surface area (Å²) in [6.07, 6.45) is 1.61. The van der Waals surface area contributed by atoms with E-state index in [1.54, 1.807) is 0 Å². The third-order valence-corrected chi connectivity index (χ3v) is 5.65. The molecule has 0 spiro atoms. The number of hydrogen-bond donors (Lipinski definition) is 3. The molecule has 3 heterocycles. The first-order valence-electron chi connectivity index (χ1n) is 7.81. The Morgan fingerprint density at radius 3 is 2.92 bits per heavy atom. The van der Waals surface area contributed by atoms with E-state index in [9.17, 15) is 14.4 Å². The Hall–Kier alpha value is -2.66. The highest BCUT2D eigenvalue weighted by Crippen LogP contribution is 2.35. The Bertz CT molecular complexity index is 1080. The van der Waals surface area contributed by atoms with E-state index >= 15 is 0 Å². The van der Waals surface area contributed by atoms with Gasteiger partial charge in [0.1, 0.15) is 11.4 Å². The van der Waals surface area contributed by atoms with Gasteiger partial charge in [0.05, 0.1) is 10.6 Å². The van der Waals surface area contributed by atoms with Gasteiger partial charge in [-0.05, 0) is 24.3 Å². The summed E-state index contributed by atoms with van der Waals surface area (Å²) in [7, 11) is 0. The third kappa shape index (κ3) is 3.10. The molecule has 1 aliphatic rings. The Morgan fingerprint density at radius 1 is 1.42 bits per heavy atom. The molecule has 3 aromatic heterocycles. The summed E-state index contributed by atoms with van der Waals surface area (Å²) < 4.78 is 1.29. The minimum atomic E-state index is -0.760. The number of nitrogens with one attached hydrogen (secondary N) is 2. The second-order valence-corrected chi connectivity index (χ2v) is 7.67.